The summed E-state index contributed by atoms with van der Waals surface area (Å²) in [5.41, 5.74) is -0.0817. The molecule has 3 nitrogen and oxygen atoms in total. The highest BCUT2D eigenvalue weighted by Crippen LogP contribution is 2.29. The molecule has 0 aliphatic carbocycles. The second-order valence-corrected chi connectivity index (χ2v) is 3.73. The summed E-state index contributed by atoms with van der Waals surface area (Å²) in [5.74, 6) is 0.750. The smallest absolute Gasteiger partial charge is 0.125 e. The van der Waals surface area contributed by atoms with Gasteiger partial charge in [-0.25, -0.2) is 0 Å². The minimum absolute atomic E-state index is 0.497. The quantitative estimate of drug-likeness (QED) is 0.772. The largest absolute Gasteiger partial charge is 0.493 e. The Kier molecular flexibility index (Phi) is 4.12. The standard InChI is InChI=1S/C12H19NO2/c1-4-15-11-8-6-5-7-10(11)12(2,14)9-13-3/h5-8,13-14H,4,9H2,1-3H3. The van der Waals surface area contributed by atoms with Crippen molar-refractivity contribution in [1.29, 1.82) is 0 Å². The molecule has 0 fully saturated rings. The van der Waals surface area contributed by atoms with Crippen LogP contribution in [-0.2, 0) is 5.60 Å². The second-order valence-electron chi connectivity index (χ2n) is 3.73. The van der Waals surface area contributed by atoms with Gasteiger partial charge in [0.15, 0.2) is 0 Å². The number of benzene rings is 1. The van der Waals surface area contributed by atoms with Gasteiger partial charge in [-0.3, -0.25) is 0 Å². The van der Waals surface area contributed by atoms with E-state index in [9.17, 15) is 5.11 Å². The van der Waals surface area contributed by atoms with Gasteiger partial charge in [-0.1, -0.05) is 18.2 Å². The molecule has 0 aromatic heterocycles. The second kappa shape index (κ2) is 5.14. The average molecular weight is 209 g/mol. The lowest BCUT2D eigenvalue weighted by molar-refractivity contribution is 0.0559. The van der Waals surface area contributed by atoms with Crippen molar-refractivity contribution in [2.45, 2.75) is 19.4 Å². The Labute approximate surface area is 91.1 Å². The van der Waals surface area contributed by atoms with Crippen molar-refractivity contribution in [2.24, 2.45) is 0 Å². The predicted octanol–water partition coefficient (Wildman–Crippen LogP) is 1.51. The van der Waals surface area contributed by atoms with Gasteiger partial charge >= 0.3 is 0 Å². The molecule has 0 spiro atoms. The van der Waals surface area contributed by atoms with Gasteiger partial charge in [-0.05, 0) is 27.0 Å². The molecule has 1 atom stereocenters. The van der Waals surface area contributed by atoms with Crippen LogP contribution in [0.3, 0.4) is 0 Å². The van der Waals surface area contributed by atoms with Crippen molar-refractivity contribution in [2.75, 3.05) is 20.2 Å². The minimum Gasteiger partial charge on any atom is -0.493 e. The molecule has 1 rings (SSSR count). The highest BCUT2D eigenvalue weighted by molar-refractivity contribution is 5.37. The number of hydrogen-bond donors (Lipinski definition) is 2. The molecule has 0 saturated heterocycles. The SMILES string of the molecule is CCOc1ccccc1C(C)(O)CNC. The van der Waals surface area contributed by atoms with Gasteiger partial charge in [-0.2, -0.15) is 0 Å². The van der Waals surface area contributed by atoms with Gasteiger partial charge in [0.05, 0.1) is 6.61 Å². The molecular formula is C12H19NO2. The molecule has 3 heteroatoms. The summed E-state index contributed by atoms with van der Waals surface area (Å²) in [6, 6.07) is 7.58. The normalized spacial score (nSPS) is 14.7. The predicted molar refractivity (Wildman–Crippen MR) is 61.1 cm³/mol. The third-order valence-corrected chi connectivity index (χ3v) is 2.29. The Morgan fingerprint density at radius 2 is 2.07 bits per heavy atom. The summed E-state index contributed by atoms with van der Waals surface area (Å²) in [4.78, 5) is 0. The van der Waals surface area contributed by atoms with E-state index in [1.807, 2.05) is 38.2 Å². The Bertz CT molecular complexity index is 310. The van der Waals surface area contributed by atoms with Gasteiger partial charge < -0.3 is 15.2 Å². The molecule has 1 aromatic carbocycles. The number of rotatable bonds is 5. The van der Waals surface area contributed by atoms with E-state index in [0.717, 1.165) is 11.3 Å². The fourth-order valence-corrected chi connectivity index (χ4v) is 1.63. The number of nitrogens with one attached hydrogen (secondary N) is 1. The molecule has 0 heterocycles. The zero-order valence-electron chi connectivity index (χ0n) is 9.58. The third-order valence-electron chi connectivity index (χ3n) is 2.29. The fraction of sp³-hybridized carbons (Fsp3) is 0.500. The highest BCUT2D eigenvalue weighted by Gasteiger charge is 2.25. The summed E-state index contributed by atoms with van der Waals surface area (Å²) < 4.78 is 5.48. The van der Waals surface area contributed by atoms with Crippen LogP contribution in [0.1, 0.15) is 19.4 Å². The molecule has 0 radical (unpaired) electrons. The summed E-state index contributed by atoms with van der Waals surface area (Å²) in [6.07, 6.45) is 0. The van der Waals surface area contributed by atoms with Crippen molar-refractivity contribution in [3.8, 4) is 5.75 Å². The molecule has 1 aromatic rings. The number of hydrogen-bond acceptors (Lipinski definition) is 3. The van der Waals surface area contributed by atoms with Crippen LogP contribution >= 0.6 is 0 Å². The van der Waals surface area contributed by atoms with E-state index in [1.54, 1.807) is 6.92 Å². The summed E-state index contributed by atoms with van der Waals surface area (Å²) >= 11 is 0. The van der Waals surface area contributed by atoms with Crippen molar-refractivity contribution in [3.63, 3.8) is 0 Å². The van der Waals surface area contributed by atoms with E-state index in [2.05, 4.69) is 5.32 Å². The van der Waals surface area contributed by atoms with E-state index in [-0.39, 0.29) is 0 Å². The Morgan fingerprint density at radius 1 is 1.40 bits per heavy atom. The number of para-hydroxylation sites is 1. The van der Waals surface area contributed by atoms with Gasteiger partial charge in [0, 0.05) is 12.1 Å². The number of ether oxygens (including phenoxy) is 1. The van der Waals surface area contributed by atoms with Crippen LogP contribution < -0.4 is 10.1 Å². The Balaban J connectivity index is 3.00. The van der Waals surface area contributed by atoms with Gasteiger partial charge in [0.2, 0.25) is 0 Å². The zero-order chi connectivity index (χ0) is 11.3. The molecule has 0 aliphatic heterocycles. The highest BCUT2D eigenvalue weighted by atomic mass is 16.5. The fourth-order valence-electron chi connectivity index (χ4n) is 1.63. The van der Waals surface area contributed by atoms with Crippen LogP contribution in [0.15, 0.2) is 24.3 Å². The first kappa shape index (κ1) is 12.0. The van der Waals surface area contributed by atoms with Crippen LogP contribution in [0.2, 0.25) is 0 Å². The first-order chi connectivity index (χ1) is 7.11. The average Bonchev–Trinajstić information content (AvgIpc) is 2.19. The minimum atomic E-state index is -0.902. The van der Waals surface area contributed by atoms with Crippen molar-refractivity contribution in [1.82, 2.24) is 5.32 Å². The Morgan fingerprint density at radius 3 is 2.67 bits per heavy atom. The van der Waals surface area contributed by atoms with Crippen molar-refractivity contribution in [3.05, 3.63) is 29.8 Å². The molecule has 0 amide bonds. The zero-order valence-corrected chi connectivity index (χ0v) is 9.58. The van der Waals surface area contributed by atoms with Crippen LogP contribution in [0.4, 0.5) is 0 Å². The lowest BCUT2D eigenvalue weighted by atomic mass is 9.95. The molecule has 0 saturated carbocycles. The maximum atomic E-state index is 10.3. The van der Waals surface area contributed by atoms with E-state index in [1.165, 1.54) is 0 Å². The summed E-state index contributed by atoms with van der Waals surface area (Å²) in [7, 11) is 1.82. The van der Waals surface area contributed by atoms with Gasteiger partial charge in [0.1, 0.15) is 11.4 Å². The third kappa shape index (κ3) is 2.94. The molecule has 0 aliphatic rings. The molecule has 84 valence electrons. The van der Waals surface area contributed by atoms with Crippen LogP contribution in [0.5, 0.6) is 5.75 Å². The molecule has 1 unspecified atom stereocenters. The summed E-state index contributed by atoms with van der Waals surface area (Å²) in [6.45, 7) is 4.81. The Hall–Kier alpha value is -1.06. The van der Waals surface area contributed by atoms with Gasteiger partial charge in [-0.15, -0.1) is 0 Å². The number of aliphatic hydroxyl groups is 1. The topological polar surface area (TPSA) is 41.5 Å². The maximum Gasteiger partial charge on any atom is 0.125 e. The van der Waals surface area contributed by atoms with E-state index in [0.29, 0.717) is 13.2 Å². The van der Waals surface area contributed by atoms with Gasteiger partial charge in [0.25, 0.3) is 0 Å². The van der Waals surface area contributed by atoms with E-state index < -0.39 is 5.60 Å². The molecule has 2 N–H and O–H groups in total. The lowest BCUT2D eigenvalue weighted by Crippen LogP contribution is -2.33. The summed E-state index contributed by atoms with van der Waals surface area (Å²) in [5, 5.41) is 13.2. The maximum absolute atomic E-state index is 10.3. The lowest BCUT2D eigenvalue weighted by Gasteiger charge is -2.25. The molecule has 0 bridgehead atoms. The first-order valence-corrected chi connectivity index (χ1v) is 5.21. The van der Waals surface area contributed by atoms with Crippen LogP contribution in [-0.4, -0.2) is 25.3 Å². The first-order valence-electron chi connectivity index (χ1n) is 5.21. The van der Waals surface area contributed by atoms with Crippen LogP contribution in [0, 0.1) is 0 Å². The van der Waals surface area contributed by atoms with Crippen molar-refractivity contribution >= 4 is 0 Å². The number of likely N-dealkylation sites (N-methyl/N-ethyl adjacent to an activating group) is 1. The molecular weight excluding hydrogens is 190 g/mol. The molecule has 15 heavy (non-hydrogen) atoms. The van der Waals surface area contributed by atoms with E-state index in [4.69, 9.17) is 4.74 Å². The van der Waals surface area contributed by atoms with E-state index >= 15 is 0 Å². The van der Waals surface area contributed by atoms with Crippen LogP contribution in [0.25, 0.3) is 0 Å². The van der Waals surface area contributed by atoms with Crippen molar-refractivity contribution < 1.29 is 9.84 Å². The monoisotopic (exact) mass is 209 g/mol.